The first kappa shape index (κ1) is 11.6. The van der Waals surface area contributed by atoms with E-state index in [1.54, 1.807) is 12.1 Å². The minimum atomic E-state index is -1.06. The fourth-order valence-electron chi connectivity index (χ4n) is 1.12. The largest absolute Gasteiger partial charge is 0.508 e. The highest BCUT2D eigenvalue weighted by molar-refractivity contribution is 7.21. The van der Waals surface area contributed by atoms with Gasteiger partial charge in [0, 0.05) is 0 Å². The number of rotatable bonds is 5. The summed E-state index contributed by atoms with van der Waals surface area (Å²) in [5.74, 6) is -0.938. The molecule has 0 aliphatic rings. The summed E-state index contributed by atoms with van der Waals surface area (Å²) < 4.78 is 10.2. The summed E-state index contributed by atoms with van der Waals surface area (Å²) in [6.07, 6.45) is 0.213. The summed E-state index contributed by atoms with van der Waals surface area (Å²) in [5, 5.41) is 20.1. The average Bonchev–Trinajstić information content (AvgIpc) is 2.20. The maximum absolute atomic E-state index is 10.7. The molecule has 0 aliphatic heterocycles. The number of hydrogen-bond donors (Lipinski definition) is 3. The first-order valence-corrected chi connectivity index (χ1v) is 5.03. The number of carboxylic acid groups (broad SMARTS) is 1. The highest BCUT2D eigenvalue weighted by atomic mass is 31.1. The van der Waals surface area contributed by atoms with Gasteiger partial charge in [-0.15, -0.1) is 0 Å². The Morgan fingerprint density at radius 2 is 2.00 bits per heavy atom. The second-order valence-corrected chi connectivity index (χ2v) is 3.42. The van der Waals surface area contributed by atoms with Gasteiger partial charge in [0.15, 0.2) is 0 Å². The Kier molecular flexibility index (Phi) is 4.21. The van der Waals surface area contributed by atoms with Crippen LogP contribution in [0.15, 0.2) is 24.3 Å². The minimum Gasteiger partial charge on any atom is -0.508 e. The van der Waals surface area contributed by atoms with E-state index in [1.807, 2.05) is 0 Å². The molecule has 1 atom stereocenters. The quantitative estimate of drug-likeness (QED) is 0.657. The van der Waals surface area contributed by atoms with Crippen LogP contribution in [-0.2, 0) is 15.8 Å². The van der Waals surface area contributed by atoms with E-state index in [0.29, 0.717) is 0 Å². The Balaban J connectivity index is 2.69. The number of carboxylic acids is 1. The molecule has 0 radical (unpaired) electrons. The van der Waals surface area contributed by atoms with E-state index in [2.05, 4.69) is 5.09 Å². The van der Waals surface area contributed by atoms with Gasteiger partial charge in [-0.25, -0.2) is 5.09 Å². The maximum Gasteiger partial charge on any atom is 0.321 e. The maximum atomic E-state index is 10.7. The van der Waals surface area contributed by atoms with Crippen molar-refractivity contribution >= 4 is 14.6 Å². The number of benzene rings is 1. The minimum absolute atomic E-state index is 0.125. The molecule has 0 heterocycles. The molecule has 0 saturated heterocycles. The Morgan fingerprint density at radius 3 is 2.47 bits per heavy atom. The second kappa shape index (κ2) is 5.44. The zero-order valence-electron chi connectivity index (χ0n) is 7.75. The fourth-order valence-corrected chi connectivity index (χ4v) is 1.45. The van der Waals surface area contributed by atoms with Gasteiger partial charge in [-0.2, -0.15) is 0 Å². The van der Waals surface area contributed by atoms with Crippen LogP contribution in [0.4, 0.5) is 0 Å². The first-order valence-electron chi connectivity index (χ1n) is 4.22. The number of aliphatic carboxylic acids is 1. The molecule has 1 aromatic rings. The van der Waals surface area contributed by atoms with Crippen LogP contribution in [0.5, 0.6) is 5.75 Å². The Labute approximate surface area is 88.0 Å². The van der Waals surface area contributed by atoms with Gasteiger partial charge in [0.2, 0.25) is 8.61 Å². The number of hydrogen-bond acceptors (Lipinski definition) is 3. The summed E-state index contributed by atoms with van der Waals surface area (Å²) in [7, 11) is -0.410. The summed E-state index contributed by atoms with van der Waals surface area (Å²) in [6.45, 7) is 0. The SMILES string of the molecule is O=PNC(Cc1ccc(O)cc1)C(=O)O. The van der Waals surface area contributed by atoms with E-state index in [4.69, 9.17) is 10.2 Å². The van der Waals surface area contributed by atoms with Crippen LogP contribution in [0.25, 0.3) is 0 Å². The molecule has 0 aliphatic carbocycles. The van der Waals surface area contributed by atoms with E-state index in [0.717, 1.165) is 5.56 Å². The van der Waals surface area contributed by atoms with Gasteiger partial charge in [0.1, 0.15) is 11.8 Å². The van der Waals surface area contributed by atoms with Gasteiger partial charge in [0.05, 0.1) is 0 Å². The van der Waals surface area contributed by atoms with E-state index >= 15 is 0 Å². The van der Waals surface area contributed by atoms with E-state index in [-0.39, 0.29) is 12.2 Å². The lowest BCUT2D eigenvalue weighted by Crippen LogP contribution is -2.32. The van der Waals surface area contributed by atoms with E-state index in [9.17, 15) is 9.36 Å². The predicted octanol–water partition coefficient (Wildman–Crippen LogP) is 1.18. The van der Waals surface area contributed by atoms with Crippen molar-refractivity contribution in [3.8, 4) is 5.75 Å². The lowest BCUT2D eigenvalue weighted by molar-refractivity contribution is -0.138. The van der Waals surface area contributed by atoms with Gasteiger partial charge < -0.3 is 10.2 Å². The van der Waals surface area contributed by atoms with Gasteiger partial charge in [-0.1, -0.05) is 12.1 Å². The van der Waals surface area contributed by atoms with Crippen molar-refractivity contribution in [1.29, 1.82) is 0 Å². The van der Waals surface area contributed by atoms with Gasteiger partial charge in [0.25, 0.3) is 0 Å². The van der Waals surface area contributed by atoms with E-state index in [1.165, 1.54) is 12.1 Å². The normalized spacial score (nSPS) is 12.5. The topological polar surface area (TPSA) is 86.6 Å². The number of phenolic OH excluding ortho intramolecular Hbond substituents is 1. The molecule has 5 nitrogen and oxygen atoms in total. The van der Waals surface area contributed by atoms with Crippen LogP contribution in [0.3, 0.4) is 0 Å². The summed E-state index contributed by atoms with van der Waals surface area (Å²) in [5.41, 5.74) is 0.747. The summed E-state index contributed by atoms with van der Waals surface area (Å²) in [4.78, 5) is 10.7. The Morgan fingerprint density at radius 1 is 1.40 bits per heavy atom. The third kappa shape index (κ3) is 3.65. The van der Waals surface area contributed by atoms with Gasteiger partial charge in [-0.3, -0.25) is 9.36 Å². The molecule has 0 saturated carbocycles. The van der Waals surface area contributed by atoms with Crippen LogP contribution in [0.1, 0.15) is 5.56 Å². The molecule has 0 amide bonds. The third-order valence-electron chi connectivity index (χ3n) is 1.88. The van der Waals surface area contributed by atoms with Crippen LogP contribution < -0.4 is 5.09 Å². The molecule has 0 spiro atoms. The van der Waals surface area contributed by atoms with Crippen molar-refractivity contribution in [2.45, 2.75) is 12.5 Å². The van der Waals surface area contributed by atoms with Gasteiger partial charge >= 0.3 is 5.97 Å². The average molecular weight is 227 g/mol. The number of aromatic hydroxyl groups is 1. The second-order valence-electron chi connectivity index (χ2n) is 2.98. The molecule has 80 valence electrons. The number of carbonyl (C=O) groups is 1. The van der Waals surface area contributed by atoms with Gasteiger partial charge in [-0.05, 0) is 24.1 Å². The van der Waals surface area contributed by atoms with Crippen LogP contribution in [-0.4, -0.2) is 22.2 Å². The molecule has 3 N–H and O–H groups in total. The highest BCUT2D eigenvalue weighted by Gasteiger charge is 2.17. The number of nitrogens with one attached hydrogen (secondary N) is 1. The molecule has 0 aromatic heterocycles. The summed E-state index contributed by atoms with van der Waals surface area (Å²) >= 11 is 0. The lowest BCUT2D eigenvalue weighted by Gasteiger charge is -2.09. The predicted molar refractivity (Wildman–Crippen MR) is 54.0 cm³/mol. The molecule has 6 heteroatoms. The van der Waals surface area contributed by atoms with Crippen LogP contribution in [0, 0.1) is 0 Å². The van der Waals surface area contributed by atoms with Crippen molar-refractivity contribution in [1.82, 2.24) is 5.09 Å². The van der Waals surface area contributed by atoms with Crippen molar-refractivity contribution < 1.29 is 19.6 Å². The molecular weight excluding hydrogens is 217 g/mol. The molecule has 1 aromatic carbocycles. The Hall–Kier alpha value is -1.45. The van der Waals surface area contributed by atoms with Crippen molar-refractivity contribution in [3.05, 3.63) is 29.8 Å². The smallest absolute Gasteiger partial charge is 0.321 e. The fraction of sp³-hybridized carbons (Fsp3) is 0.222. The van der Waals surface area contributed by atoms with Crippen molar-refractivity contribution in [2.75, 3.05) is 0 Å². The molecular formula is C9H10NO4P. The molecule has 15 heavy (non-hydrogen) atoms. The monoisotopic (exact) mass is 227 g/mol. The van der Waals surface area contributed by atoms with Crippen LogP contribution >= 0.6 is 8.61 Å². The lowest BCUT2D eigenvalue weighted by atomic mass is 10.1. The van der Waals surface area contributed by atoms with E-state index < -0.39 is 20.6 Å². The molecule has 0 fully saturated rings. The molecule has 1 unspecified atom stereocenters. The van der Waals surface area contributed by atoms with Crippen molar-refractivity contribution in [2.24, 2.45) is 0 Å². The number of phenols is 1. The zero-order chi connectivity index (χ0) is 11.3. The molecule has 0 bridgehead atoms. The highest BCUT2D eigenvalue weighted by Crippen LogP contribution is 2.11. The first-order chi connectivity index (χ1) is 7.13. The zero-order valence-corrected chi connectivity index (χ0v) is 8.65. The van der Waals surface area contributed by atoms with Crippen LogP contribution in [0.2, 0.25) is 0 Å². The molecule has 1 rings (SSSR count). The summed E-state index contributed by atoms with van der Waals surface area (Å²) in [6, 6.07) is 5.30. The third-order valence-corrected chi connectivity index (χ3v) is 2.30. The Bertz CT molecular complexity index is 352. The standard InChI is InChI=1S/C9H10NO4P/c11-7-3-1-6(2-4-7)5-8(9(12)13)10-15-14/h1-4,8,11H,5H2,(H,10,14)(H,12,13). The van der Waals surface area contributed by atoms with Crippen molar-refractivity contribution in [3.63, 3.8) is 0 Å².